The van der Waals surface area contributed by atoms with Crippen LogP contribution < -0.4 is 5.56 Å². The highest BCUT2D eigenvalue weighted by Gasteiger charge is 2.33. The molecule has 164 valence electrons. The van der Waals surface area contributed by atoms with Crippen molar-refractivity contribution in [3.05, 3.63) is 50.6 Å². The van der Waals surface area contributed by atoms with Gasteiger partial charge in [-0.05, 0) is 54.4 Å². The van der Waals surface area contributed by atoms with Gasteiger partial charge in [0.05, 0.1) is 22.1 Å². The highest BCUT2D eigenvalue weighted by Crippen LogP contribution is 2.38. The lowest BCUT2D eigenvalue weighted by Gasteiger charge is -2.19. The Labute approximate surface area is 190 Å². The van der Waals surface area contributed by atoms with E-state index in [0.29, 0.717) is 15.8 Å². The second-order valence-corrected chi connectivity index (χ2v) is 13.6. The van der Waals surface area contributed by atoms with Gasteiger partial charge in [-0.25, -0.2) is 13.4 Å². The molecule has 2 aromatic heterocycles. The zero-order valence-corrected chi connectivity index (χ0v) is 20.4. The third-order valence-electron chi connectivity index (χ3n) is 6.25. The average molecular weight is 475 g/mol. The van der Waals surface area contributed by atoms with Crippen LogP contribution in [0.2, 0.25) is 0 Å². The van der Waals surface area contributed by atoms with E-state index in [1.54, 1.807) is 28.0 Å². The Kier molecular flexibility index (Phi) is 5.10. The lowest BCUT2D eigenvalue weighted by atomic mass is 9.87. The molecule has 5 rings (SSSR count). The summed E-state index contributed by atoms with van der Waals surface area (Å²) in [4.78, 5) is 20.6. The van der Waals surface area contributed by atoms with Gasteiger partial charge in [0, 0.05) is 10.6 Å². The maximum atomic E-state index is 13.5. The monoisotopic (exact) mass is 474 g/mol. The van der Waals surface area contributed by atoms with Crippen LogP contribution in [0, 0.1) is 0 Å². The minimum atomic E-state index is -3.52. The maximum Gasteiger partial charge on any atom is 0.263 e. The van der Waals surface area contributed by atoms with Crippen molar-refractivity contribution in [3.63, 3.8) is 0 Å². The SMILES string of the molecule is CC(C)(C)c1ccc(S(=O)(=O)C[C@H]2CSc3nc4sc5c(c4c(=O)n32)CCCC5)cc1. The van der Waals surface area contributed by atoms with Crippen molar-refractivity contribution < 1.29 is 8.42 Å². The van der Waals surface area contributed by atoms with Gasteiger partial charge in [0.2, 0.25) is 0 Å². The largest absolute Gasteiger partial charge is 0.282 e. The first kappa shape index (κ1) is 21.2. The fraction of sp³-hybridized carbons (Fsp3) is 0.478. The van der Waals surface area contributed by atoms with Crippen LogP contribution in [0.1, 0.15) is 55.7 Å². The van der Waals surface area contributed by atoms with E-state index in [1.165, 1.54) is 16.6 Å². The van der Waals surface area contributed by atoms with Crippen molar-refractivity contribution >= 4 is 43.2 Å². The van der Waals surface area contributed by atoms with E-state index in [2.05, 4.69) is 20.8 Å². The van der Waals surface area contributed by atoms with Crippen LogP contribution in [0.25, 0.3) is 10.2 Å². The van der Waals surface area contributed by atoms with Gasteiger partial charge in [-0.15, -0.1) is 11.3 Å². The summed E-state index contributed by atoms with van der Waals surface area (Å²) in [6.45, 7) is 6.31. The van der Waals surface area contributed by atoms with E-state index in [-0.39, 0.29) is 16.7 Å². The third kappa shape index (κ3) is 3.66. The van der Waals surface area contributed by atoms with Crippen molar-refractivity contribution in [1.82, 2.24) is 9.55 Å². The third-order valence-corrected chi connectivity index (χ3v) is 10.3. The fourth-order valence-electron chi connectivity index (χ4n) is 4.50. The topological polar surface area (TPSA) is 69.0 Å². The van der Waals surface area contributed by atoms with Crippen LogP contribution in [-0.4, -0.2) is 29.5 Å². The average Bonchev–Trinajstić information content (AvgIpc) is 3.28. The van der Waals surface area contributed by atoms with Gasteiger partial charge in [-0.3, -0.25) is 9.36 Å². The maximum absolute atomic E-state index is 13.5. The summed E-state index contributed by atoms with van der Waals surface area (Å²) in [7, 11) is -3.52. The Bertz CT molecular complexity index is 1330. The molecule has 0 unspecified atom stereocenters. The van der Waals surface area contributed by atoms with Crippen LogP contribution in [0.4, 0.5) is 0 Å². The second-order valence-electron chi connectivity index (χ2n) is 9.48. The number of benzene rings is 1. The number of fused-ring (bicyclic) bond motifs is 4. The highest BCUT2D eigenvalue weighted by atomic mass is 32.2. The summed E-state index contributed by atoms with van der Waals surface area (Å²) in [5, 5.41) is 1.38. The van der Waals surface area contributed by atoms with Gasteiger partial charge in [0.25, 0.3) is 5.56 Å². The Morgan fingerprint density at radius 2 is 1.84 bits per heavy atom. The number of aryl methyl sites for hydroxylation is 2. The number of rotatable bonds is 3. The zero-order chi connectivity index (χ0) is 22.0. The number of thioether (sulfide) groups is 1. The number of nitrogens with zero attached hydrogens (tertiary/aromatic N) is 2. The first-order valence-electron chi connectivity index (χ1n) is 10.7. The van der Waals surface area contributed by atoms with Crippen molar-refractivity contribution in [3.8, 4) is 0 Å². The normalized spacial score (nSPS) is 18.9. The van der Waals surface area contributed by atoms with E-state index < -0.39 is 15.9 Å². The van der Waals surface area contributed by atoms with Gasteiger partial charge >= 0.3 is 0 Å². The summed E-state index contributed by atoms with van der Waals surface area (Å²) >= 11 is 3.13. The van der Waals surface area contributed by atoms with E-state index >= 15 is 0 Å². The molecule has 0 saturated carbocycles. The Morgan fingerprint density at radius 3 is 2.55 bits per heavy atom. The molecule has 3 heterocycles. The molecule has 0 saturated heterocycles. The summed E-state index contributed by atoms with van der Waals surface area (Å²) in [5.74, 6) is 0.474. The molecule has 1 aliphatic heterocycles. The molecule has 0 amide bonds. The standard InChI is InChI=1S/C23H26N2O3S3/c1-23(2,3)14-8-10-16(11-9-14)31(27,28)13-15-12-29-22-24-20-19(21(26)25(15)22)17-6-4-5-7-18(17)30-20/h8-11,15H,4-7,12-13H2,1-3H3/t15-/m1/s1. The molecule has 0 spiro atoms. The Hall–Kier alpha value is -1.64. The molecular weight excluding hydrogens is 448 g/mol. The van der Waals surface area contributed by atoms with Crippen molar-refractivity contribution in [2.24, 2.45) is 0 Å². The minimum Gasteiger partial charge on any atom is -0.282 e. The highest BCUT2D eigenvalue weighted by molar-refractivity contribution is 7.99. The summed E-state index contributed by atoms with van der Waals surface area (Å²) in [6.07, 6.45) is 4.18. The first-order chi connectivity index (χ1) is 14.6. The first-order valence-corrected chi connectivity index (χ1v) is 14.1. The fourth-order valence-corrected chi connectivity index (χ4v) is 8.61. The molecule has 0 bridgehead atoms. The molecule has 5 nitrogen and oxygen atoms in total. The van der Waals surface area contributed by atoms with Crippen LogP contribution in [-0.2, 0) is 28.1 Å². The lowest BCUT2D eigenvalue weighted by Crippen LogP contribution is -2.29. The predicted molar refractivity (Wildman–Crippen MR) is 127 cm³/mol. The van der Waals surface area contributed by atoms with Gasteiger partial charge in [-0.2, -0.15) is 0 Å². The molecule has 1 atom stereocenters. The molecule has 1 aromatic carbocycles. The van der Waals surface area contributed by atoms with E-state index in [9.17, 15) is 13.2 Å². The molecule has 2 aliphatic rings. The lowest BCUT2D eigenvalue weighted by molar-refractivity contribution is 0.531. The predicted octanol–water partition coefficient (Wildman–Crippen LogP) is 4.76. The molecule has 0 fully saturated rings. The van der Waals surface area contributed by atoms with Crippen molar-refractivity contribution in [2.75, 3.05) is 11.5 Å². The Balaban J connectivity index is 1.50. The van der Waals surface area contributed by atoms with Crippen LogP contribution in [0.3, 0.4) is 0 Å². The quantitative estimate of drug-likeness (QED) is 0.512. The number of thiophene rings is 1. The van der Waals surface area contributed by atoms with Gasteiger partial charge in [0.15, 0.2) is 15.0 Å². The number of hydrogen-bond acceptors (Lipinski definition) is 6. The van der Waals surface area contributed by atoms with E-state index in [0.717, 1.165) is 47.0 Å². The van der Waals surface area contributed by atoms with E-state index in [1.807, 2.05) is 12.1 Å². The molecule has 1 aliphatic carbocycles. The van der Waals surface area contributed by atoms with Gasteiger partial charge in [-0.1, -0.05) is 44.7 Å². The number of aromatic nitrogens is 2. The van der Waals surface area contributed by atoms with Crippen LogP contribution >= 0.6 is 23.1 Å². The van der Waals surface area contributed by atoms with Crippen molar-refractivity contribution in [2.45, 2.75) is 68.0 Å². The van der Waals surface area contributed by atoms with Crippen LogP contribution in [0.15, 0.2) is 39.1 Å². The number of hydrogen-bond donors (Lipinski definition) is 0. The van der Waals surface area contributed by atoms with Gasteiger partial charge in [0.1, 0.15) is 4.83 Å². The van der Waals surface area contributed by atoms with Crippen molar-refractivity contribution in [1.29, 1.82) is 0 Å². The summed E-state index contributed by atoms with van der Waals surface area (Å²) in [6, 6.07) is 6.77. The van der Waals surface area contributed by atoms with E-state index in [4.69, 9.17) is 4.98 Å². The van der Waals surface area contributed by atoms with Gasteiger partial charge < -0.3 is 0 Å². The zero-order valence-electron chi connectivity index (χ0n) is 18.0. The second kappa shape index (κ2) is 7.46. The molecule has 0 N–H and O–H groups in total. The summed E-state index contributed by atoms with van der Waals surface area (Å²) in [5.41, 5.74) is 2.15. The molecule has 31 heavy (non-hydrogen) atoms. The minimum absolute atomic E-state index is 0.0344. The Morgan fingerprint density at radius 1 is 1.13 bits per heavy atom. The molecule has 8 heteroatoms. The molecule has 0 radical (unpaired) electrons. The molecular formula is C23H26N2O3S3. The number of sulfone groups is 1. The molecule has 3 aromatic rings. The van der Waals surface area contributed by atoms with Crippen LogP contribution in [0.5, 0.6) is 0 Å². The summed E-state index contributed by atoms with van der Waals surface area (Å²) < 4.78 is 28.0. The smallest absolute Gasteiger partial charge is 0.263 e.